The summed E-state index contributed by atoms with van der Waals surface area (Å²) in [4.78, 5) is 21.4. The third-order valence-corrected chi connectivity index (χ3v) is 4.99. The number of aromatic amines is 1. The molecule has 0 fully saturated rings. The molecule has 126 valence electrons. The summed E-state index contributed by atoms with van der Waals surface area (Å²) in [5.41, 5.74) is 8.15. The highest BCUT2D eigenvalue weighted by Gasteiger charge is 2.15. The molecule has 3 aromatic heterocycles. The molecule has 0 aromatic carbocycles. The molecular formula is C17H20N4O2S. The Morgan fingerprint density at radius 2 is 2.33 bits per heavy atom. The topological polar surface area (TPSA) is 93.0 Å². The second-order valence-electron chi connectivity index (χ2n) is 5.46. The summed E-state index contributed by atoms with van der Waals surface area (Å²) in [5, 5.41) is 3.87. The van der Waals surface area contributed by atoms with Gasteiger partial charge in [-0.3, -0.25) is 4.79 Å². The molecule has 0 bridgehead atoms. The predicted molar refractivity (Wildman–Crippen MR) is 95.8 cm³/mol. The highest BCUT2D eigenvalue weighted by Crippen LogP contribution is 2.35. The van der Waals surface area contributed by atoms with Gasteiger partial charge in [0, 0.05) is 59.2 Å². The summed E-state index contributed by atoms with van der Waals surface area (Å²) in [6.07, 6.45) is 3.98. The Labute approximate surface area is 144 Å². The molecule has 7 heteroatoms. The Morgan fingerprint density at radius 3 is 3.17 bits per heavy atom. The highest BCUT2D eigenvalue weighted by atomic mass is 32.1. The standard InChI is InChI=1S/C17H20N4O2S/c1-23-8-7-19-16(22)9-13(18)15-5-4-14(24-15)12-10-21-17-11(12)3-2-6-20-17/h2-6,10,13H,7-9,18H2,1H3,(H,19,22)(H,20,21)/t13-/m1/s1. The van der Waals surface area contributed by atoms with Gasteiger partial charge >= 0.3 is 0 Å². The van der Waals surface area contributed by atoms with E-state index in [1.807, 2.05) is 30.5 Å². The minimum Gasteiger partial charge on any atom is -0.383 e. The summed E-state index contributed by atoms with van der Waals surface area (Å²) in [6, 6.07) is 7.68. The molecule has 3 aromatic rings. The number of pyridine rings is 1. The van der Waals surface area contributed by atoms with Crippen LogP contribution in [-0.4, -0.2) is 36.1 Å². The van der Waals surface area contributed by atoms with Crippen molar-refractivity contribution in [3.05, 3.63) is 41.5 Å². The summed E-state index contributed by atoms with van der Waals surface area (Å²) in [6.45, 7) is 0.999. The summed E-state index contributed by atoms with van der Waals surface area (Å²) >= 11 is 1.61. The minimum absolute atomic E-state index is 0.0641. The number of fused-ring (bicyclic) bond motifs is 1. The molecule has 0 aliphatic heterocycles. The molecule has 4 N–H and O–H groups in total. The second-order valence-corrected chi connectivity index (χ2v) is 6.57. The zero-order valence-electron chi connectivity index (χ0n) is 13.4. The van der Waals surface area contributed by atoms with E-state index in [0.29, 0.717) is 13.2 Å². The van der Waals surface area contributed by atoms with Gasteiger partial charge < -0.3 is 20.8 Å². The lowest BCUT2D eigenvalue weighted by molar-refractivity contribution is -0.121. The smallest absolute Gasteiger partial charge is 0.222 e. The number of carbonyl (C=O) groups excluding carboxylic acids is 1. The molecule has 3 heterocycles. The first-order chi connectivity index (χ1) is 11.7. The number of methoxy groups -OCH3 is 1. The van der Waals surface area contributed by atoms with E-state index in [9.17, 15) is 4.79 Å². The molecule has 1 amide bonds. The molecule has 0 aliphatic rings. The fraction of sp³-hybridized carbons (Fsp3) is 0.294. The van der Waals surface area contributed by atoms with E-state index in [2.05, 4.69) is 15.3 Å². The Hall–Kier alpha value is -2.22. The fourth-order valence-corrected chi connectivity index (χ4v) is 3.56. The number of amides is 1. The Kier molecular flexibility index (Phi) is 5.24. The van der Waals surface area contributed by atoms with Crippen molar-refractivity contribution in [1.82, 2.24) is 15.3 Å². The lowest BCUT2D eigenvalue weighted by atomic mass is 10.1. The van der Waals surface area contributed by atoms with Crippen LogP contribution in [0.2, 0.25) is 0 Å². The van der Waals surface area contributed by atoms with E-state index >= 15 is 0 Å². The van der Waals surface area contributed by atoms with E-state index in [0.717, 1.165) is 26.4 Å². The van der Waals surface area contributed by atoms with Crippen molar-refractivity contribution in [1.29, 1.82) is 0 Å². The van der Waals surface area contributed by atoms with Gasteiger partial charge in [-0.25, -0.2) is 4.98 Å². The highest BCUT2D eigenvalue weighted by molar-refractivity contribution is 7.15. The van der Waals surface area contributed by atoms with Crippen molar-refractivity contribution in [2.45, 2.75) is 12.5 Å². The van der Waals surface area contributed by atoms with Crippen LogP contribution in [-0.2, 0) is 9.53 Å². The first-order valence-corrected chi connectivity index (χ1v) is 8.54. The van der Waals surface area contributed by atoms with Crippen LogP contribution in [0.25, 0.3) is 21.5 Å². The number of H-pyrrole nitrogens is 1. The van der Waals surface area contributed by atoms with Crippen molar-refractivity contribution < 1.29 is 9.53 Å². The summed E-state index contributed by atoms with van der Waals surface area (Å²) in [5.74, 6) is -0.0641. The Balaban J connectivity index is 1.70. The summed E-state index contributed by atoms with van der Waals surface area (Å²) < 4.78 is 4.91. The molecule has 24 heavy (non-hydrogen) atoms. The van der Waals surface area contributed by atoms with E-state index in [-0.39, 0.29) is 18.4 Å². The van der Waals surface area contributed by atoms with Gasteiger partial charge in [-0.05, 0) is 24.3 Å². The quantitative estimate of drug-likeness (QED) is 0.574. The van der Waals surface area contributed by atoms with Crippen LogP contribution in [0.15, 0.2) is 36.7 Å². The molecular weight excluding hydrogens is 324 g/mol. The number of ether oxygens (including phenoxy) is 1. The van der Waals surface area contributed by atoms with Crippen molar-refractivity contribution in [3.63, 3.8) is 0 Å². The molecule has 0 radical (unpaired) electrons. The average Bonchev–Trinajstić information content (AvgIpc) is 3.21. The van der Waals surface area contributed by atoms with Crippen LogP contribution in [0.5, 0.6) is 0 Å². The predicted octanol–water partition coefficient (Wildman–Crippen LogP) is 2.44. The van der Waals surface area contributed by atoms with Gasteiger partial charge in [0.15, 0.2) is 0 Å². The first-order valence-electron chi connectivity index (χ1n) is 7.72. The van der Waals surface area contributed by atoms with E-state index in [1.54, 1.807) is 24.6 Å². The second kappa shape index (κ2) is 7.57. The van der Waals surface area contributed by atoms with Crippen LogP contribution in [0.4, 0.5) is 0 Å². The molecule has 0 saturated carbocycles. The van der Waals surface area contributed by atoms with Gasteiger partial charge in [0.25, 0.3) is 0 Å². The number of carbonyl (C=O) groups is 1. The number of thiophene rings is 1. The number of aromatic nitrogens is 2. The molecule has 0 unspecified atom stereocenters. The van der Waals surface area contributed by atoms with Crippen LogP contribution in [0.3, 0.4) is 0 Å². The lowest BCUT2D eigenvalue weighted by Crippen LogP contribution is -2.29. The van der Waals surface area contributed by atoms with Gasteiger partial charge in [0.05, 0.1) is 6.61 Å². The minimum atomic E-state index is -0.311. The van der Waals surface area contributed by atoms with E-state index in [1.165, 1.54) is 0 Å². The Bertz CT molecular complexity index is 827. The number of nitrogens with one attached hydrogen (secondary N) is 2. The van der Waals surface area contributed by atoms with Crippen LogP contribution >= 0.6 is 11.3 Å². The zero-order chi connectivity index (χ0) is 16.9. The lowest BCUT2D eigenvalue weighted by Gasteiger charge is -2.09. The SMILES string of the molecule is COCCNC(=O)C[C@@H](N)c1ccc(-c2c[nH]c3ncccc23)s1. The molecule has 0 aliphatic carbocycles. The van der Waals surface area contributed by atoms with Crippen LogP contribution < -0.4 is 11.1 Å². The van der Waals surface area contributed by atoms with Gasteiger partial charge in [0.2, 0.25) is 5.91 Å². The third kappa shape index (κ3) is 3.64. The monoisotopic (exact) mass is 344 g/mol. The number of hydrogen-bond donors (Lipinski definition) is 3. The largest absolute Gasteiger partial charge is 0.383 e. The Morgan fingerprint density at radius 1 is 1.46 bits per heavy atom. The normalized spacial score (nSPS) is 12.4. The summed E-state index contributed by atoms with van der Waals surface area (Å²) in [7, 11) is 1.60. The van der Waals surface area contributed by atoms with Gasteiger partial charge in [0.1, 0.15) is 5.65 Å². The zero-order valence-corrected chi connectivity index (χ0v) is 14.2. The molecule has 3 rings (SSSR count). The van der Waals surface area contributed by atoms with Gasteiger partial charge in [-0.15, -0.1) is 11.3 Å². The average molecular weight is 344 g/mol. The van der Waals surface area contributed by atoms with Crippen LogP contribution in [0.1, 0.15) is 17.3 Å². The number of nitrogens with two attached hydrogens (primary N) is 1. The maximum Gasteiger partial charge on any atom is 0.222 e. The number of nitrogens with zero attached hydrogens (tertiary/aromatic N) is 1. The van der Waals surface area contributed by atoms with Crippen molar-refractivity contribution in [2.24, 2.45) is 5.73 Å². The maximum absolute atomic E-state index is 11.9. The first kappa shape index (κ1) is 16.6. The molecule has 1 atom stereocenters. The van der Waals surface area contributed by atoms with Gasteiger partial charge in [-0.1, -0.05) is 0 Å². The van der Waals surface area contributed by atoms with E-state index in [4.69, 9.17) is 10.5 Å². The van der Waals surface area contributed by atoms with Crippen molar-refractivity contribution in [2.75, 3.05) is 20.3 Å². The van der Waals surface area contributed by atoms with E-state index < -0.39 is 0 Å². The number of hydrogen-bond acceptors (Lipinski definition) is 5. The fourth-order valence-electron chi connectivity index (χ4n) is 2.52. The maximum atomic E-state index is 11.9. The third-order valence-electron chi connectivity index (χ3n) is 3.74. The molecule has 0 spiro atoms. The van der Waals surface area contributed by atoms with Crippen molar-refractivity contribution >= 4 is 28.3 Å². The molecule has 0 saturated heterocycles. The number of rotatable bonds is 7. The molecule has 6 nitrogen and oxygen atoms in total. The van der Waals surface area contributed by atoms with Crippen molar-refractivity contribution in [3.8, 4) is 10.4 Å². The van der Waals surface area contributed by atoms with Gasteiger partial charge in [-0.2, -0.15) is 0 Å². The van der Waals surface area contributed by atoms with Crippen LogP contribution in [0, 0.1) is 0 Å².